The molecule has 2 aliphatic rings. The van der Waals surface area contributed by atoms with Crippen LogP contribution < -0.4 is 4.74 Å². The summed E-state index contributed by atoms with van der Waals surface area (Å²) < 4.78 is 48.6. The van der Waals surface area contributed by atoms with Crippen LogP contribution in [0.15, 0.2) is 41.3 Å². The van der Waals surface area contributed by atoms with Crippen molar-refractivity contribution in [1.29, 1.82) is 0 Å². The molecule has 4 heterocycles. The van der Waals surface area contributed by atoms with E-state index in [2.05, 4.69) is 9.88 Å². The Morgan fingerprint density at radius 3 is 2.96 bits per heavy atom. The number of nitrogens with zero attached hydrogens (tertiary/aromatic N) is 2. The third kappa shape index (κ3) is 2.83. The molecule has 4 rings (SSSR count). The fraction of sp³-hybridized carbons (Fsp3) is 0.471. The Hall–Kier alpha value is -1.93. The zero-order valence-electron chi connectivity index (χ0n) is 13.6. The number of hydrogen-bond acceptors (Lipinski definition) is 6. The van der Waals surface area contributed by atoms with E-state index in [4.69, 9.17) is 9.15 Å². The van der Waals surface area contributed by atoms with Gasteiger partial charge in [-0.2, -0.15) is 0 Å². The van der Waals surface area contributed by atoms with Crippen LogP contribution in [-0.2, 0) is 16.4 Å². The number of rotatable bonds is 5. The SMILES string of the molecule is O=S1(=O)CCC(COc2ncccc2F)C12CN(Cc1ccoc1)C2. The predicted molar refractivity (Wildman–Crippen MR) is 88.3 cm³/mol. The highest BCUT2D eigenvalue weighted by atomic mass is 32.2. The molecule has 2 aliphatic heterocycles. The molecule has 1 atom stereocenters. The van der Waals surface area contributed by atoms with Crippen molar-refractivity contribution < 1.29 is 22.0 Å². The number of aromatic nitrogens is 1. The molecule has 2 fully saturated rings. The minimum atomic E-state index is -3.18. The summed E-state index contributed by atoms with van der Waals surface area (Å²) in [5.74, 6) is -0.603. The monoisotopic (exact) mass is 366 g/mol. The van der Waals surface area contributed by atoms with Crippen LogP contribution in [0.25, 0.3) is 0 Å². The zero-order valence-corrected chi connectivity index (χ0v) is 14.4. The van der Waals surface area contributed by atoms with Crippen LogP contribution in [0.4, 0.5) is 4.39 Å². The maximum atomic E-state index is 13.7. The zero-order chi connectivity index (χ0) is 17.5. The Kier molecular flexibility index (Phi) is 4.04. The number of halogens is 1. The fourth-order valence-corrected chi connectivity index (χ4v) is 6.28. The molecule has 1 spiro atoms. The average molecular weight is 366 g/mol. The number of likely N-dealkylation sites (tertiary alicyclic amines) is 1. The van der Waals surface area contributed by atoms with E-state index in [-0.39, 0.29) is 24.2 Å². The molecule has 0 N–H and O–H groups in total. The molecule has 134 valence electrons. The first-order valence-corrected chi connectivity index (χ1v) is 9.84. The molecule has 0 radical (unpaired) electrons. The summed E-state index contributed by atoms with van der Waals surface area (Å²) in [5.41, 5.74) is 1.02. The van der Waals surface area contributed by atoms with Crippen LogP contribution in [0.1, 0.15) is 12.0 Å². The van der Waals surface area contributed by atoms with E-state index in [1.54, 1.807) is 12.5 Å². The van der Waals surface area contributed by atoms with Gasteiger partial charge >= 0.3 is 0 Å². The van der Waals surface area contributed by atoms with Gasteiger partial charge in [-0.3, -0.25) is 4.90 Å². The molecule has 2 aromatic rings. The minimum absolute atomic E-state index is 0.0727. The second kappa shape index (κ2) is 6.10. The van der Waals surface area contributed by atoms with Crippen molar-refractivity contribution >= 4 is 9.84 Å². The second-order valence-electron chi connectivity index (χ2n) is 6.75. The standard InChI is InChI=1S/C17H19FN2O4S/c18-15-2-1-5-19-16(15)24-10-14-4-7-25(21,22)17(14)11-20(12-17)8-13-3-6-23-9-13/h1-3,5-6,9,14H,4,7-8,10-12H2. The molecule has 0 saturated carbocycles. The Morgan fingerprint density at radius 1 is 1.40 bits per heavy atom. The Bertz CT molecular complexity index is 847. The number of pyridine rings is 1. The highest BCUT2D eigenvalue weighted by Crippen LogP contribution is 2.45. The molecule has 0 aromatic carbocycles. The molecule has 0 amide bonds. The minimum Gasteiger partial charge on any atom is -0.475 e. The van der Waals surface area contributed by atoms with Crippen LogP contribution in [0, 0.1) is 11.7 Å². The first-order valence-electron chi connectivity index (χ1n) is 8.19. The Balaban J connectivity index is 1.45. The molecule has 0 bridgehead atoms. The summed E-state index contributed by atoms with van der Waals surface area (Å²) in [6.45, 7) is 1.77. The lowest BCUT2D eigenvalue weighted by Gasteiger charge is -2.49. The summed E-state index contributed by atoms with van der Waals surface area (Å²) in [6, 6.07) is 4.64. The molecule has 25 heavy (non-hydrogen) atoms. The highest BCUT2D eigenvalue weighted by molar-refractivity contribution is 7.93. The highest BCUT2D eigenvalue weighted by Gasteiger charge is 2.61. The van der Waals surface area contributed by atoms with Crippen molar-refractivity contribution in [1.82, 2.24) is 9.88 Å². The van der Waals surface area contributed by atoms with Gasteiger partial charge in [-0.1, -0.05) is 0 Å². The lowest BCUT2D eigenvalue weighted by atomic mass is 9.83. The van der Waals surface area contributed by atoms with Crippen LogP contribution in [0.2, 0.25) is 0 Å². The maximum absolute atomic E-state index is 13.7. The fourth-order valence-electron chi connectivity index (χ4n) is 3.83. The van der Waals surface area contributed by atoms with Crippen LogP contribution in [0.5, 0.6) is 5.88 Å². The van der Waals surface area contributed by atoms with Crippen LogP contribution in [-0.4, -0.2) is 48.5 Å². The molecular weight excluding hydrogens is 347 g/mol. The average Bonchev–Trinajstić information content (AvgIpc) is 3.13. The van der Waals surface area contributed by atoms with E-state index in [1.807, 2.05) is 6.07 Å². The first-order chi connectivity index (χ1) is 12.0. The summed E-state index contributed by atoms with van der Waals surface area (Å²) in [6.07, 6.45) is 5.26. The summed E-state index contributed by atoms with van der Waals surface area (Å²) in [7, 11) is -3.18. The van der Waals surface area contributed by atoms with Gasteiger partial charge in [0.25, 0.3) is 0 Å². The maximum Gasteiger partial charge on any atom is 0.250 e. The van der Waals surface area contributed by atoms with Crippen molar-refractivity contribution in [2.45, 2.75) is 17.7 Å². The molecular formula is C17H19FN2O4S. The topological polar surface area (TPSA) is 72.6 Å². The molecule has 8 heteroatoms. The largest absolute Gasteiger partial charge is 0.475 e. The van der Waals surface area contributed by atoms with Gasteiger partial charge < -0.3 is 9.15 Å². The Morgan fingerprint density at radius 2 is 2.24 bits per heavy atom. The van der Waals surface area contributed by atoms with E-state index in [1.165, 1.54) is 18.3 Å². The van der Waals surface area contributed by atoms with Crippen LogP contribution >= 0.6 is 0 Å². The molecule has 2 aromatic heterocycles. The number of furan rings is 1. The van der Waals surface area contributed by atoms with E-state index < -0.39 is 20.4 Å². The van der Waals surface area contributed by atoms with Gasteiger partial charge in [0.15, 0.2) is 15.7 Å². The van der Waals surface area contributed by atoms with Gasteiger partial charge in [-0.15, -0.1) is 0 Å². The van der Waals surface area contributed by atoms with Gasteiger partial charge in [-0.25, -0.2) is 17.8 Å². The van der Waals surface area contributed by atoms with Crippen molar-refractivity contribution in [2.75, 3.05) is 25.4 Å². The van der Waals surface area contributed by atoms with Gasteiger partial charge in [0.1, 0.15) is 4.75 Å². The van der Waals surface area contributed by atoms with Crippen molar-refractivity contribution in [3.63, 3.8) is 0 Å². The smallest absolute Gasteiger partial charge is 0.250 e. The van der Waals surface area contributed by atoms with Crippen LogP contribution in [0.3, 0.4) is 0 Å². The third-order valence-electron chi connectivity index (χ3n) is 5.21. The lowest BCUT2D eigenvalue weighted by Crippen LogP contribution is -2.67. The van der Waals surface area contributed by atoms with Gasteiger partial charge in [0.05, 0.1) is 24.9 Å². The van der Waals surface area contributed by atoms with Gasteiger partial charge in [0, 0.05) is 37.3 Å². The van der Waals surface area contributed by atoms with E-state index >= 15 is 0 Å². The summed E-state index contributed by atoms with van der Waals surface area (Å²) in [5, 5.41) is 0. The van der Waals surface area contributed by atoms with Gasteiger partial charge in [-0.05, 0) is 24.6 Å². The number of sulfone groups is 1. The van der Waals surface area contributed by atoms with Crippen molar-refractivity contribution in [2.24, 2.45) is 5.92 Å². The number of hydrogen-bond donors (Lipinski definition) is 0. The molecule has 0 aliphatic carbocycles. The first kappa shape index (κ1) is 16.5. The third-order valence-corrected chi connectivity index (χ3v) is 7.82. The Labute approximate surface area is 145 Å². The predicted octanol–water partition coefficient (Wildman–Crippen LogP) is 1.88. The summed E-state index contributed by atoms with van der Waals surface area (Å²) >= 11 is 0. The van der Waals surface area contributed by atoms with Crippen molar-refractivity contribution in [3.05, 3.63) is 48.3 Å². The quantitative estimate of drug-likeness (QED) is 0.805. The second-order valence-corrected chi connectivity index (χ2v) is 9.20. The van der Waals surface area contributed by atoms with Gasteiger partial charge in [0.2, 0.25) is 5.88 Å². The molecule has 1 unspecified atom stereocenters. The molecule has 2 saturated heterocycles. The molecule has 6 nitrogen and oxygen atoms in total. The van der Waals surface area contributed by atoms with E-state index in [0.717, 1.165) is 5.56 Å². The summed E-state index contributed by atoms with van der Waals surface area (Å²) in [4.78, 5) is 5.95. The van der Waals surface area contributed by atoms with Crippen molar-refractivity contribution in [3.8, 4) is 5.88 Å². The van der Waals surface area contributed by atoms with E-state index in [9.17, 15) is 12.8 Å². The van der Waals surface area contributed by atoms with E-state index in [0.29, 0.717) is 26.1 Å². The normalized spacial score (nSPS) is 24.3. The lowest BCUT2D eigenvalue weighted by molar-refractivity contribution is 0.0572. The number of ether oxygens (including phenoxy) is 1.